The van der Waals surface area contributed by atoms with Gasteiger partial charge in [0.05, 0.1) is 0 Å². The van der Waals surface area contributed by atoms with Crippen molar-refractivity contribution in [1.29, 1.82) is 0 Å². The molecule has 0 spiro atoms. The normalized spacial score (nSPS) is 17.2. The molecule has 0 amide bonds. The molecule has 11 heavy (non-hydrogen) atoms. The van der Waals surface area contributed by atoms with Crippen LogP contribution in [-0.2, 0) is 4.43 Å². The van der Waals surface area contributed by atoms with E-state index in [1.165, 1.54) is 5.20 Å². The van der Waals surface area contributed by atoms with Crippen molar-refractivity contribution in [3.63, 3.8) is 0 Å². The van der Waals surface area contributed by atoms with Crippen LogP contribution in [0.1, 0.15) is 13.3 Å². The number of hydrogen-bond acceptors (Lipinski definition) is 1. The Bertz CT molecular complexity index is 192. The van der Waals surface area contributed by atoms with Crippen LogP contribution in [-0.4, -0.2) is 14.9 Å². The fraction of sp³-hybridized carbons (Fsp3) is 0.556. The van der Waals surface area contributed by atoms with Gasteiger partial charge in [0.25, 0.3) is 0 Å². The summed E-state index contributed by atoms with van der Waals surface area (Å²) in [6.45, 7) is 7.43. The van der Waals surface area contributed by atoms with Crippen LogP contribution in [0.4, 0.5) is 0 Å². The van der Waals surface area contributed by atoms with Crippen molar-refractivity contribution in [3.05, 3.63) is 23.4 Å². The first-order chi connectivity index (χ1) is 5.17. The summed E-state index contributed by atoms with van der Waals surface area (Å²) in [4.78, 5) is 0. The van der Waals surface area contributed by atoms with Crippen LogP contribution in [0.5, 0.6) is 0 Å². The lowest BCUT2D eigenvalue weighted by Crippen LogP contribution is -2.32. The summed E-state index contributed by atoms with van der Waals surface area (Å²) >= 11 is 0. The maximum Gasteiger partial charge on any atom is 0.214 e. The first-order valence-corrected chi connectivity index (χ1v) is 7.08. The first kappa shape index (κ1) is 8.75. The van der Waals surface area contributed by atoms with Crippen LogP contribution in [0.15, 0.2) is 23.4 Å². The predicted octanol–water partition coefficient (Wildman–Crippen LogP) is 2.65. The largest absolute Gasteiger partial charge is 0.414 e. The molecular formula is C9H16OSi. The van der Waals surface area contributed by atoms with E-state index in [0.717, 1.165) is 13.0 Å². The third-order valence-electron chi connectivity index (χ3n) is 2.05. The fourth-order valence-electron chi connectivity index (χ4n) is 1.35. The van der Waals surface area contributed by atoms with E-state index in [2.05, 4.69) is 38.2 Å². The van der Waals surface area contributed by atoms with Crippen LogP contribution in [0.25, 0.3) is 0 Å². The molecule has 0 aromatic heterocycles. The lowest BCUT2D eigenvalue weighted by Gasteiger charge is -2.23. The average molecular weight is 168 g/mol. The molecule has 1 aliphatic rings. The highest BCUT2D eigenvalue weighted by Crippen LogP contribution is 2.23. The highest BCUT2D eigenvalue weighted by molar-refractivity contribution is 6.78. The van der Waals surface area contributed by atoms with Gasteiger partial charge in [-0.2, -0.15) is 0 Å². The van der Waals surface area contributed by atoms with Gasteiger partial charge in [0.1, 0.15) is 0 Å². The molecule has 0 aliphatic heterocycles. The van der Waals surface area contributed by atoms with E-state index < -0.39 is 8.32 Å². The molecule has 0 unspecified atom stereocenters. The van der Waals surface area contributed by atoms with Gasteiger partial charge in [0.15, 0.2) is 0 Å². The maximum atomic E-state index is 5.74. The molecule has 0 radical (unpaired) electrons. The molecule has 0 N–H and O–H groups in total. The predicted molar refractivity (Wildman–Crippen MR) is 50.9 cm³/mol. The van der Waals surface area contributed by atoms with E-state index in [0.29, 0.717) is 0 Å². The number of rotatable bonds is 3. The minimum Gasteiger partial charge on any atom is -0.414 e. The molecular weight excluding hydrogens is 152 g/mol. The molecule has 62 valence electrons. The molecule has 0 fully saturated rings. The van der Waals surface area contributed by atoms with Gasteiger partial charge in [-0.05, 0) is 26.4 Å². The van der Waals surface area contributed by atoms with Gasteiger partial charge in [0.2, 0.25) is 8.32 Å². The zero-order chi connectivity index (χ0) is 8.32. The molecule has 0 aromatic carbocycles. The third kappa shape index (κ3) is 2.04. The van der Waals surface area contributed by atoms with Crippen molar-refractivity contribution in [2.45, 2.75) is 26.4 Å². The van der Waals surface area contributed by atoms with Crippen LogP contribution in [0.3, 0.4) is 0 Å². The van der Waals surface area contributed by atoms with Gasteiger partial charge in [-0.25, -0.2) is 0 Å². The van der Waals surface area contributed by atoms with Gasteiger partial charge < -0.3 is 4.43 Å². The monoisotopic (exact) mass is 168 g/mol. The quantitative estimate of drug-likeness (QED) is 0.589. The van der Waals surface area contributed by atoms with Crippen LogP contribution >= 0.6 is 0 Å². The summed E-state index contributed by atoms with van der Waals surface area (Å²) in [7, 11) is -1.47. The lowest BCUT2D eigenvalue weighted by atomic mass is 10.5. The Morgan fingerprint density at radius 1 is 1.55 bits per heavy atom. The highest BCUT2D eigenvalue weighted by atomic mass is 28.4. The minimum atomic E-state index is -1.47. The lowest BCUT2D eigenvalue weighted by molar-refractivity contribution is 0.335. The summed E-state index contributed by atoms with van der Waals surface area (Å²) in [5.74, 6) is 0. The number of hydrogen-bond donors (Lipinski definition) is 0. The van der Waals surface area contributed by atoms with Crippen LogP contribution in [0.2, 0.25) is 13.1 Å². The third-order valence-corrected chi connectivity index (χ3v) is 4.98. The zero-order valence-corrected chi connectivity index (χ0v) is 8.55. The average Bonchev–Trinajstić information content (AvgIpc) is 2.37. The van der Waals surface area contributed by atoms with Gasteiger partial charge in [0, 0.05) is 6.61 Å². The standard InChI is InChI=1S/C9H16OSi/c1-4-10-11(2,3)9-7-5-6-8-9/h5-7H,4,8H2,1-3H3. The Balaban J connectivity index is 2.57. The second-order valence-electron chi connectivity index (χ2n) is 3.27. The molecule has 0 aromatic rings. The molecule has 1 aliphatic carbocycles. The Labute approximate surface area is 69.9 Å². The van der Waals surface area contributed by atoms with E-state index in [-0.39, 0.29) is 0 Å². The van der Waals surface area contributed by atoms with Crippen molar-refractivity contribution < 1.29 is 4.43 Å². The molecule has 0 heterocycles. The second-order valence-corrected chi connectivity index (χ2v) is 7.22. The second kappa shape index (κ2) is 3.37. The first-order valence-electron chi connectivity index (χ1n) is 4.17. The van der Waals surface area contributed by atoms with Gasteiger partial charge in [-0.3, -0.25) is 0 Å². The van der Waals surface area contributed by atoms with Gasteiger partial charge in [-0.1, -0.05) is 23.4 Å². The van der Waals surface area contributed by atoms with E-state index in [9.17, 15) is 0 Å². The van der Waals surface area contributed by atoms with Crippen LogP contribution < -0.4 is 0 Å². The molecule has 0 atom stereocenters. The van der Waals surface area contributed by atoms with E-state index >= 15 is 0 Å². The van der Waals surface area contributed by atoms with E-state index in [1.54, 1.807) is 0 Å². The van der Waals surface area contributed by atoms with Crippen molar-refractivity contribution >= 4 is 8.32 Å². The Morgan fingerprint density at radius 2 is 2.27 bits per heavy atom. The summed E-state index contributed by atoms with van der Waals surface area (Å²) < 4.78 is 5.74. The van der Waals surface area contributed by atoms with Gasteiger partial charge in [-0.15, -0.1) is 0 Å². The fourth-order valence-corrected chi connectivity index (χ4v) is 3.36. The maximum absolute atomic E-state index is 5.74. The topological polar surface area (TPSA) is 9.23 Å². The minimum absolute atomic E-state index is 0.844. The van der Waals surface area contributed by atoms with Crippen molar-refractivity contribution in [2.24, 2.45) is 0 Å². The summed E-state index contributed by atoms with van der Waals surface area (Å²) in [6.07, 6.45) is 7.65. The summed E-state index contributed by atoms with van der Waals surface area (Å²) in [5.41, 5.74) is 0. The molecule has 1 rings (SSSR count). The summed E-state index contributed by atoms with van der Waals surface area (Å²) in [5, 5.41) is 1.51. The Morgan fingerprint density at radius 3 is 2.73 bits per heavy atom. The van der Waals surface area contributed by atoms with E-state index in [1.807, 2.05) is 0 Å². The molecule has 0 saturated carbocycles. The molecule has 2 heteroatoms. The summed E-state index contributed by atoms with van der Waals surface area (Å²) in [6, 6.07) is 0. The SMILES string of the molecule is CCO[Si](C)(C)C1=CC=CC1. The van der Waals surface area contributed by atoms with Crippen molar-refractivity contribution in [2.75, 3.05) is 6.61 Å². The number of allylic oxidation sites excluding steroid dienone is 4. The Kier molecular flexibility index (Phi) is 2.68. The zero-order valence-electron chi connectivity index (χ0n) is 7.55. The smallest absolute Gasteiger partial charge is 0.214 e. The van der Waals surface area contributed by atoms with Gasteiger partial charge >= 0.3 is 0 Å². The molecule has 1 nitrogen and oxygen atoms in total. The molecule has 0 bridgehead atoms. The van der Waals surface area contributed by atoms with E-state index in [4.69, 9.17) is 4.43 Å². The van der Waals surface area contributed by atoms with Crippen molar-refractivity contribution in [1.82, 2.24) is 0 Å². The highest BCUT2D eigenvalue weighted by Gasteiger charge is 2.26. The Hall–Kier alpha value is -0.343. The molecule has 0 saturated heterocycles. The van der Waals surface area contributed by atoms with Crippen molar-refractivity contribution in [3.8, 4) is 0 Å². The van der Waals surface area contributed by atoms with Crippen LogP contribution in [0, 0.1) is 0 Å².